The van der Waals surface area contributed by atoms with E-state index in [1.54, 1.807) is 0 Å². The lowest BCUT2D eigenvalue weighted by atomic mass is 10.1. The van der Waals surface area contributed by atoms with E-state index in [-0.39, 0.29) is 5.54 Å². The van der Waals surface area contributed by atoms with E-state index < -0.39 is 0 Å². The number of hydrogen-bond donors (Lipinski definition) is 2. The molecule has 0 saturated carbocycles. The van der Waals surface area contributed by atoms with Crippen molar-refractivity contribution in [2.45, 2.75) is 26.3 Å². The Morgan fingerprint density at radius 3 is 2.71 bits per heavy atom. The van der Waals surface area contributed by atoms with Gasteiger partial charge in [0.05, 0.1) is 5.52 Å². The van der Waals surface area contributed by atoms with Gasteiger partial charge in [0.2, 0.25) is 0 Å². The van der Waals surface area contributed by atoms with Crippen LogP contribution >= 0.6 is 0 Å². The van der Waals surface area contributed by atoms with Gasteiger partial charge in [-0.25, -0.2) is 0 Å². The number of benzene rings is 1. The van der Waals surface area contributed by atoms with Crippen LogP contribution in [0.25, 0.3) is 10.9 Å². The summed E-state index contributed by atoms with van der Waals surface area (Å²) < 4.78 is 0. The first kappa shape index (κ1) is 11.9. The number of nitrogens with zero attached hydrogens (tertiary/aromatic N) is 1. The maximum absolute atomic E-state index is 5.99. The molecule has 0 aliphatic rings. The quantitative estimate of drug-likeness (QED) is 0.850. The molecule has 3 heteroatoms. The van der Waals surface area contributed by atoms with Gasteiger partial charge in [-0.2, -0.15) is 0 Å². The first-order valence-corrected chi connectivity index (χ1v) is 5.85. The second-order valence-electron chi connectivity index (χ2n) is 5.17. The Kier molecular flexibility index (Phi) is 3.03. The molecule has 0 fully saturated rings. The summed E-state index contributed by atoms with van der Waals surface area (Å²) in [5.41, 5.74) is 8.90. The molecule has 3 N–H and O–H groups in total. The minimum absolute atomic E-state index is 0.224. The van der Waals surface area contributed by atoms with Crippen LogP contribution in [0, 0.1) is 6.92 Å². The molecular weight excluding hydrogens is 210 g/mol. The van der Waals surface area contributed by atoms with Gasteiger partial charge < -0.3 is 11.1 Å². The maximum Gasteiger partial charge on any atom is 0.0725 e. The number of aromatic nitrogens is 1. The van der Waals surface area contributed by atoms with Crippen LogP contribution in [0.3, 0.4) is 0 Å². The van der Waals surface area contributed by atoms with Crippen LogP contribution in [0.1, 0.15) is 19.5 Å². The number of rotatable bonds is 3. The van der Waals surface area contributed by atoms with Crippen molar-refractivity contribution in [3.8, 4) is 0 Å². The van der Waals surface area contributed by atoms with Crippen molar-refractivity contribution in [1.29, 1.82) is 0 Å². The summed E-state index contributed by atoms with van der Waals surface area (Å²) in [6.45, 7) is 6.76. The number of hydrogen-bond acceptors (Lipinski definition) is 3. The Labute approximate surface area is 102 Å². The Balaban J connectivity index is 2.39. The lowest BCUT2D eigenvalue weighted by Gasteiger charge is -2.20. The molecule has 3 nitrogen and oxygen atoms in total. The molecule has 1 aromatic carbocycles. The highest BCUT2D eigenvalue weighted by Crippen LogP contribution is 2.23. The third-order valence-corrected chi connectivity index (χ3v) is 2.58. The fraction of sp³-hybridized carbons (Fsp3) is 0.357. The van der Waals surface area contributed by atoms with Crippen molar-refractivity contribution in [3.63, 3.8) is 0 Å². The van der Waals surface area contributed by atoms with Crippen LogP contribution in [0.15, 0.2) is 30.3 Å². The van der Waals surface area contributed by atoms with Gasteiger partial charge in [0.15, 0.2) is 0 Å². The van der Waals surface area contributed by atoms with Gasteiger partial charge >= 0.3 is 0 Å². The number of fused-ring (bicyclic) bond motifs is 1. The topological polar surface area (TPSA) is 50.9 Å². The second kappa shape index (κ2) is 4.34. The third-order valence-electron chi connectivity index (χ3n) is 2.58. The normalized spacial score (nSPS) is 11.8. The van der Waals surface area contributed by atoms with Crippen LogP contribution in [0.5, 0.6) is 0 Å². The fourth-order valence-electron chi connectivity index (χ4n) is 1.78. The Morgan fingerprint density at radius 2 is 2.00 bits per heavy atom. The van der Waals surface area contributed by atoms with Crippen molar-refractivity contribution in [3.05, 3.63) is 36.0 Å². The molecule has 0 radical (unpaired) electrons. The molecule has 2 rings (SSSR count). The molecule has 1 heterocycles. The summed E-state index contributed by atoms with van der Waals surface area (Å²) in [7, 11) is 0. The first-order valence-electron chi connectivity index (χ1n) is 5.85. The van der Waals surface area contributed by atoms with Crippen LogP contribution in [-0.2, 0) is 0 Å². The monoisotopic (exact) mass is 229 g/mol. The molecule has 0 saturated heterocycles. The van der Waals surface area contributed by atoms with E-state index in [0.29, 0.717) is 0 Å². The molecule has 0 aliphatic heterocycles. The summed E-state index contributed by atoms with van der Waals surface area (Å²) in [5, 5.41) is 4.54. The molecule has 1 aromatic heterocycles. The van der Waals surface area contributed by atoms with E-state index in [1.807, 2.05) is 39.0 Å². The second-order valence-corrected chi connectivity index (χ2v) is 5.17. The first-order chi connectivity index (χ1) is 7.96. The van der Waals surface area contributed by atoms with Gasteiger partial charge in [0.1, 0.15) is 0 Å². The minimum atomic E-state index is -0.224. The minimum Gasteiger partial charge on any atom is -0.383 e. The highest BCUT2D eigenvalue weighted by Gasteiger charge is 2.11. The van der Waals surface area contributed by atoms with Crippen molar-refractivity contribution < 1.29 is 0 Å². The molecule has 17 heavy (non-hydrogen) atoms. The average molecular weight is 229 g/mol. The predicted molar refractivity (Wildman–Crippen MR) is 73.2 cm³/mol. The number of nitrogens with two attached hydrogens (primary N) is 1. The predicted octanol–water partition coefficient (Wildman–Crippen LogP) is 2.69. The molecule has 0 atom stereocenters. The maximum atomic E-state index is 5.99. The van der Waals surface area contributed by atoms with E-state index in [0.717, 1.165) is 28.8 Å². The van der Waals surface area contributed by atoms with Gasteiger partial charge in [0, 0.05) is 28.9 Å². The largest absolute Gasteiger partial charge is 0.383 e. The number of aryl methyl sites for hydroxylation is 1. The molecule has 90 valence electrons. The lowest BCUT2D eigenvalue weighted by molar-refractivity contribution is 0.549. The lowest BCUT2D eigenvalue weighted by Crippen LogP contribution is -2.39. The summed E-state index contributed by atoms with van der Waals surface area (Å²) in [4.78, 5) is 4.51. The Morgan fingerprint density at radius 1 is 1.29 bits per heavy atom. The number of para-hydroxylation sites is 1. The van der Waals surface area contributed by atoms with Gasteiger partial charge in [0.25, 0.3) is 0 Å². The molecule has 2 aromatic rings. The van der Waals surface area contributed by atoms with Crippen LogP contribution in [-0.4, -0.2) is 17.1 Å². The van der Waals surface area contributed by atoms with E-state index in [2.05, 4.69) is 22.4 Å². The van der Waals surface area contributed by atoms with E-state index in [1.165, 1.54) is 0 Å². The molecule has 0 amide bonds. The number of nitrogens with one attached hydrogen (secondary N) is 1. The standard InChI is InChI=1S/C14H19N3/c1-10-8-13(16-9-14(2,3)15)11-6-4-5-7-12(11)17-10/h4-8H,9,15H2,1-3H3,(H,16,17). The van der Waals surface area contributed by atoms with Crippen LogP contribution in [0.2, 0.25) is 0 Å². The average Bonchev–Trinajstić information content (AvgIpc) is 2.24. The molecule has 0 bridgehead atoms. The van der Waals surface area contributed by atoms with Gasteiger partial charge in [-0.15, -0.1) is 0 Å². The van der Waals surface area contributed by atoms with Gasteiger partial charge in [-0.3, -0.25) is 4.98 Å². The molecule has 0 aliphatic carbocycles. The number of pyridine rings is 1. The van der Waals surface area contributed by atoms with Gasteiger partial charge in [-0.05, 0) is 32.9 Å². The SMILES string of the molecule is Cc1cc(NCC(C)(C)N)c2ccccc2n1. The van der Waals surface area contributed by atoms with Crippen molar-refractivity contribution in [1.82, 2.24) is 4.98 Å². The highest BCUT2D eigenvalue weighted by atomic mass is 14.9. The Bertz CT molecular complexity index is 526. The smallest absolute Gasteiger partial charge is 0.0725 e. The van der Waals surface area contributed by atoms with E-state index in [9.17, 15) is 0 Å². The van der Waals surface area contributed by atoms with Crippen molar-refractivity contribution in [2.24, 2.45) is 5.73 Å². The van der Waals surface area contributed by atoms with E-state index >= 15 is 0 Å². The third kappa shape index (κ3) is 2.94. The van der Waals surface area contributed by atoms with E-state index in [4.69, 9.17) is 5.73 Å². The summed E-state index contributed by atoms with van der Waals surface area (Å²) in [6.07, 6.45) is 0. The van der Waals surface area contributed by atoms with Gasteiger partial charge in [-0.1, -0.05) is 18.2 Å². The van der Waals surface area contributed by atoms with Crippen molar-refractivity contribution >= 4 is 16.6 Å². The molecule has 0 spiro atoms. The Hall–Kier alpha value is -1.61. The summed E-state index contributed by atoms with van der Waals surface area (Å²) >= 11 is 0. The number of anilines is 1. The summed E-state index contributed by atoms with van der Waals surface area (Å²) in [6, 6.07) is 10.2. The highest BCUT2D eigenvalue weighted by molar-refractivity contribution is 5.91. The van der Waals surface area contributed by atoms with Crippen LogP contribution < -0.4 is 11.1 Å². The zero-order valence-electron chi connectivity index (χ0n) is 10.6. The molecule has 0 unspecified atom stereocenters. The molecular formula is C14H19N3. The zero-order chi connectivity index (χ0) is 12.5. The fourth-order valence-corrected chi connectivity index (χ4v) is 1.78. The zero-order valence-corrected chi connectivity index (χ0v) is 10.6. The summed E-state index contributed by atoms with van der Waals surface area (Å²) in [5.74, 6) is 0. The van der Waals surface area contributed by atoms with Crippen molar-refractivity contribution in [2.75, 3.05) is 11.9 Å². The van der Waals surface area contributed by atoms with Crippen LogP contribution in [0.4, 0.5) is 5.69 Å².